The summed E-state index contributed by atoms with van der Waals surface area (Å²) < 4.78 is 11.9. The maximum absolute atomic E-state index is 11.1. The maximum Gasteiger partial charge on any atom is 0.346 e. The van der Waals surface area contributed by atoms with Crippen LogP contribution in [0.25, 0.3) is 6.08 Å². The fraction of sp³-hybridized carbons (Fsp3) is 0.412. The number of ether oxygens (including phenoxy) is 2. The predicted octanol–water partition coefficient (Wildman–Crippen LogP) is 3.17. The van der Waals surface area contributed by atoms with Gasteiger partial charge in [0.05, 0.1) is 7.11 Å². The van der Waals surface area contributed by atoms with Crippen LogP contribution >= 0.6 is 15.9 Å². The van der Waals surface area contributed by atoms with Crippen LogP contribution in [-0.2, 0) is 4.79 Å². The van der Waals surface area contributed by atoms with E-state index in [-0.39, 0.29) is 5.57 Å². The van der Waals surface area contributed by atoms with Gasteiger partial charge < -0.3 is 19.5 Å². The minimum atomic E-state index is -1.29. The zero-order valence-corrected chi connectivity index (χ0v) is 15.6. The average molecular weight is 397 g/mol. The molecule has 1 aromatic carbocycles. The normalized spacial score (nSPS) is 11.2. The number of aliphatic carboxylic acids is 1. The van der Waals surface area contributed by atoms with E-state index in [1.807, 2.05) is 0 Å². The van der Waals surface area contributed by atoms with Crippen molar-refractivity contribution in [3.63, 3.8) is 0 Å². The molecule has 7 heteroatoms. The SMILES string of the molecule is CCN(CC)CCOc1c(C=C(C#N)C(=O)O)cc(Br)cc1OC. The number of carbonyl (C=O) groups is 1. The second-order valence-corrected chi connectivity index (χ2v) is 5.79. The summed E-state index contributed by atoms with van der Waals surface area (Å²) in [7, 11) is 1.51. The van der Waals surface area contributed by atoms with Crippen LogP contribution < -0.4 is 9.47 Å². The highest BCUT2D eigenvalue weighted by atomic mass is 79.9. The third-order valence-corrected chi connectivity index (χ3v) is 3.93. The first kappa shape index (κ1) is 20.0. The molecule has 6 nitrogen and oxygen atoms in total. The zero-order chi connectivity index (χ0) is 18.1. The van der Waals surface area contributed by atoms with Crippen molar-refractivity contribution in [2.24, 2.45) is 0 Å². The standard InChI is InChI=1S/C17H21BrN2O4/c1-4-20(5-2)6-7-24-16-12(8-13(11-19)17(21)22)9-14(18)10-15(16)23-3/h8-10H,4-7H2,1-3H3,(H,21,22). The second kappa shape index (κ2) is 9.96. The van der Waals surface area contributed by atoms with E-state index < -0.39 is 5.97 Å². The molecule has 0 aliphatic rings. The Labute approximate surface area is 150 Å². The van der Waals surface area contributed by atoms with Crippen LogP contribution in [0, 0.1) is 11.3 Å². The highest BCUT2D eigenvalue weighted by molar-refractivity contribution is 9.10. The van der Waals surface area contributed by atoms with E-state index in [1.54, 1.807) is 18.2 Å². The molecule has 130 valence electrons. The molecule has 0 fully saturated rings. The van der Waals surface area contributed by atoms with Gasteiger partial charge in [0.25, 0.3) is 0 Å². The van der Waals surface area contributed by atoms with Gasteiger partial charge in [-0.1, -0.05) is 29.8 Å². The lowest BCUT2D eigenvalue weighted by molar-refractivity contribution is -0.132. The van der Waals surface area contributed by atoms with E-state index in [4.69, 9.17) is 19.8 Å². The number of hydrogen-bond donors (Lipinski definition) is 1. The van der Waals surface area contributed by atoms with Gasteiger partial charge in [0.2, 0.25) is 0 Å². The van der Waals surface area contributed by atoms with E-state index in [1.165, 1.54) is 13.2 Å². The van der Waals surface area contributed by atoms with Gasteiger partial charge in [-0.2, -0.15) is 5.26 Å². The Hall–Kier alpha value is -2.04. The minimum Gasteiger partial charge on any atom is -0.493 e. The van der Waals surface area contributed by atoms with Crippen LogP contribution in [0.15, 0.2) is 22.2 Å². The molecule has 0 bridgehead atoms. The molecule has 0 radical (unpaired) electrons. The molecule has 0 atom stereocenters. The Kier molecular flexibility index (Phi) is 8.30. The number of methoxy groups -OCH3 is 1. The van der Waals surface area contributed by atoms with Gasteiger partial charge in [-0.15, -0.1) is 0 Å². The number of likely N-dealkylation sites (N-methyl/N-ethyl adjacent to an activating group) is 1. The number of nitriles is 1. The van der Waals surface area contributed by atoms with Crippen LogP contribution in [0.1, 0.15) is 19.4 Å². The fourth-order valence-corrected chi connectivity index (χ4v) is 2.57. The monoisotopic (exact) mass is 396 g/mol. The van der Waals surface area contributed by atoms with Crippen molar-refractivity contribution in [2.75, 3.05) is 33.4 Å². The predicted molar refractivity (Wildman–Crippen MR) is 95.2 cm³/mol. The molecule has 0 aromatic heterocycles. The summed E-state index contributed by atoms with van der Waals surface area (Å²) in [5, 5.41) is 18.0. The molecule has 1 rings (SSSR count). The molecule has 0 aliphatic carbocycles. The molecule has 24 heavy (non-hydrogen) atoms. The van der Waals surface area contributed by atoms with Gasteiger partial charge in [-0.25, -0.2) is 4.79 Å². The molecule has 0 spiro atoms. The van der Waals surface area contributed by atoms with E-state index in [2.05, 4.69) is 34.7 Å². The van der Waals surface area contributed by atoms with Crippen LogP contribution in [-0.4, -0.2) is 49.3 Å². The second-order valence-electron chi connectivity index (χ2n) is 4.88. The fourth-order valence-electron chi connectivity index (χ4n) is 2.12. The quantitative estimate of drug-likeness (QED) is 0.509. The number of hydrogen-bond acceptors (Lipinski definition) is 5. The van der Waals surface area contributed by atoms with Crippen molar-refractivity contribution in [1.82, 2.24) is 4.90 Å². The van der Waals surface area contributed by atoms with Crippen molar-refractivity contribution in [3.8, 4) is 17.6 Å². The Bertz CT molecular complexity index is 649. The number of carboxylic acids is 1. The largest absolute Gasteiger partial charge is 0.493 e. The summed E-state index contributed by atoms with van der Waals surface area (Å²) in [6, 6.07) is 5.09. The first-order chi connectivity index (χ1) is 11.5. The van der Waals surface area contributed by atoms with Gasteiger partial charge in [-0.05, 0) is 31.3 Å². The van der Waals surface area contributed by atoms with E-state index in [9.17, 15) is 4.79 Å². The molecule has 0 amide bonds. The Morgan fingerprint density at radius 3 is 2.58 bits per heavy atom. The van der Waals surface area contributed by atoms with Crippen LogP contribution in [0.2, 0.25) is 0 Å². The van der Waals surface area contributed by atoms with Crippen LogP contribution in [0.4, 0.5) is 0 Å². The molecular formula is C17H21BrN2O4. The van der Waals surface area contributed by atoms with Crippen LogP contribution in [0.5, 0.6) is 11.5 Å². The summed E-state index contributed by atoms with van der Waals surface area (Å²) in [5.41, 5.74) is 0.100. The third-order valence-electron chi connectivity index (χ3n) is 3.47. The summed E-state index contributed by atoms with van der Waals surface area (Å²) in [4.78, 5) is 13.3. The Morgan fingerprint density at radius 1 is 1.42 bits per heavy atom. The zero-order valence-electron chi connectivity index (χ0n) is 14.0. The van der Waals surface area contributed by atoms with Gasteiger partial charge in [0.1, 0.15) is 18.2 Å². The van der Waals surface area contributed by atoms with Crippen molar-refractivity contribution >= 4 is 28.0 Å². The lowest BCUT2D eigenvalue weighted by Crippen LogP contribution is -2.28. The van der Waals surface area contributed by atoms with Gasteiger partial charge in [0, 0.05) is 16.6 Å². The van der Waals surface area contributed by atoms with Gasteiger partial charge in [0.15, 0.2) is 11.5 Å². The molecule has 0 aliphatic heterocycles. The number of nitrogens with zero attached hydrogens (tertiary/aromatic N) is 2. The molecule has 1 N–H and O–H groups in total. The highest BCUT2D eigenvalue weighted by Crippen LogP contribution is 2.36. The Balaban J connectivity index is 3.16. The molecule has 1 aromatic rings. The summed E-state index contributed by atoms with van der Waals surface area (Å²) in [5.74, 6) is -0.398. The topological polar surface area (TPSA) is 82.8 Å². The van der Waals surface area contributed by atoms with Gasteiger partial charge >= 0.3 is 5.97 Å². The van der Waals surface area contributed by atoms with Gasteiger partial charge in [-0.3, -0.25) is 0 Å². The number of benzene rings is 1. The first-order valence-electron chi connectivity index (χ1n) is 7.54. The van der Waals surface area contributed by atoms with Crippen molar-refractivity contribution in [3.05, 3.63) is 27.7 Å². The molecule has 0 saturated carbocycles. The summed E-state index contributed by atoms with van der Waals surface area (Å²) >= 11 is 3.35. The molecule has 0 heterocycles. The molecule has 0 saturated heterocycles. The first-order valence-corrected chi connectivity index (χ1v) is 8.33. The van der Waals surface area contributed by atoms with Crippen molar-refractivity contribution in [2.45, 2.75) is 13.8 Å². The number of carboxylic acid groups (broad SMARTS) is 1. The summed E-state index contributed by atoms with van der Waals surface area (Å²) in [6.45, 7) is 7.14. The minimum absolute atomic E-state index is 0.372. The van der Waals surface area contributed by atoms with Crippen molar-refractivity contribution in [1.29, 1.82) is 5.26 Å². The summed E-state index contributed by atoms with van der Waals surface area (Å²) in [6.07, 6.45) is 1.28. The number of halogens is 1. The maximum atomic E-state index is 11.1. The average Bonchev–Trinajstić information content (AvgIpc) is 2.57. The smallest absolute Gasteiger partial charge is 0.346 e. The highest BCUT2D eigenvalue weighted by Gasteiger charge is 2.15. The number of rotatable bonds is 9. The van der Waals surface area contributed by atoms with E-state index in [0.717, 1.165) is 19.6 Å². The van der Waals surface area contributed by atoms with E-state index in [0.29, 0.717) is 28.1 Å². The van der Waals surface area contributed by atoms with Crippen LogP contribution in [0.3, 0.4) is 0 Å². The lowest BCUT2D eigenvalue weighted by atomic mass is 10.1. The Morgan fingerprint density at radius 2 is 2.08 bits per heavy atom. The van der Waals surface area contributed by atoms with Crippen molar-refractivity contribution < 1.29 is 19.4 Å². The molecule has 0 unspecified atom stereocenters. The third kappa shape index (κ3) is 5.55. The lowest BCUT2D eigenvalue weighted by Gasteiger charge is -2.19. The molecular weight excluding hydrogens is 376 g/mol. The van der Waals surface area contributed by atoms with E-state index >= 15 is 0 Å².